The van der Waals surface area contributed by atoms with Gasteiger partial charge in [0.1, 0.15) is 5.76 Å². The molecular formula is C11H16N2O3. The summed E-state index contributed by atoms with van der Waals surface area (Å²) in [5, 5.41) is 2.84. The minimum atomic E-state index is -0.00988. The lowest BCUT2D eigenvalue weighted by Gasteiger charge is -2.07. The predicted molar refractivity (Wildman–Crippen MR) is 56.7 cm³/mol. The van der Waals surface area contributed by atoms with Crippen LogP contribution in [0.4, 0.5) is 0 Å². The second kappa shape index (κ2) is 4.65. The summed E-state index contributed by atoms with van der Waals surface area (Å²) in [4.78, 5) is 15.8. The smallest absolute Gasteiger partial charge is 0.225 e. The molecule has 1 aromatic rings. The number of amides is 1. The number of aryl methyl sites for hydroxylation is 2. The number of nitrogens with zero attached hydrogens (tertiary/aromatic N) is 1. The molecular weight excluding hydrogens is 208 g/mol. The molecule has 5 nitrogen and oxygen atoms in total. The van der Waals surface area contributed by atoms with Crippen molar-refractivity contribution in [3.63, 3.8) is 0 Å². The fourth-order valence-electron chi connectivity index (χ4n) is 1.79. The summed E-state index contributed by atoms with van der Waals surface area (Å²) in [7, 11) is 0. The van der Waals surface area contributed by atoms with Crippen LogP contribution in [0.3, 0.4) is 0 Å². The van der Waals surface area contributed by atoms with Gasteiger partial charge in [0.05, 0.1) is 24.8 Å². The van der Waals surface area contributed by atoms with E-state index >= 15 is 0 Å². The molecule has 0 aliphatic carbocycles. The molecule has 1 amide bonds. The number of carbonyl (C=O) groups excluding carboxylic acids is 1. The predicted octanol–water partition coefficient (Wildman–Crippen LogP) is 0.944. The lowest BCUT2D eigenvalue weighted by molar-refractivity contribution is -0.125. The van der Waals surface area contributed by atoms with E-state index in [1.807, 2.05) is 6.92 Å². The number of rotatable bonds is 3. The fourth-order valence-corrected chi connectivity index (χ4v) is 1.79. The second-order valence-electron chi connectivity index (χ2n) is 4.02. The molecule has 16 heavy (non-hydrogen) atoms. The van der Waals surface area contributed by atoms with Crippen LogP contribution in [-0.2, 0) is 16.1 Å². The van der Waals surface area contributed by atoms with Crippen molar-refractivity contribution in [3.05, 3.63) is 17.3 Å². The highest BCUT2D eigenvalue weighted by molar-refractivity contribution is 5.78. The van der Waals surface area contributed by atoms with Crippen molar-refractivity contribution in [3.8, 4) is 0 Å². The normalized spacial score (nSPS) is 20.0. The zero-order valence-electron chi connectivity index (χ0n) is 9.58. The van der Waals surface area contributed by atoms with Gasteiger partial charge in [-0.1, -0.05) is 0 Å². The van der Waals surface area contributed by atoms with Gasteiger partial charge in [-0.15, -0.1) is 0 Å². The van der Waals surface area contributed by atoms with Crippen LogP contribution >= 0.6 is 0 Å². The standard InChI is InChI=1S/C11H16N2O3/c1-7-10(16-8(2)13-7)5-12-11(14)9-3-4-15-6-9/h9H,3-6H2,1-2H3,(H,12,14). The lowest BCUT2D eigenvalue weighted by Crippen LogP contribution is -2.30. The van der Waals surface area contributed by atoms with Crippen LogP contribution in [0, 0.1) is 19.8 Å². The molecule has 0 spiro atoms. The van der Waals surface area contributed by atoms with E-state index in [4.69, 9.17) is 9.15 Å². The third kappa shape index (κ3) is 2.41. The monoisotopic (exact) mass is 224 g/mol. The number of ether oxygens (including phenoxy) is 1. The molecule has 1 fully saturated rings. The van der Waals surface area contributed by atoms with Gasteiger partial charge in [-0.05, 0) is 13.3 Å². The summed E-state index contributed by atoms with van der Waals surface area (Å²) in [6.45, 7) is 5.28. The van der Waals surface area contributed by atoms with E-state index < -0.39 is 0 Å². The van der Waals surface area contributed by atoms with Gasteiger partial charge >= 0.3 is 0 Å². The van der Waals surface area contributed by atoms with Crippen LogP contribution in [0.5, 0.6) is 0 Å². The first-order valence-electron chi connectivity index (χ1n) is 5.45. The van der Waals surface area contributed by atoms with Gasteiger partial charge in [-0.3, -0.25) is 4.79 Å². The zero-order valence-corrected chi connectivity index (χ0v) is 9.58. The number of hydrogen-bond acceptors (Lipinski definition) is 4. The van der Waals surface area contributed by atoms with Crippen molar-refractivity contribution in [2.45, 2.75) is 26.8 Å². The third-order valence-electron chi connectivity index (χ3n) is 2.72. The molecule has 0 saturated carbocycles. The number of aromatic nitrogens is 1. The van der Waals surface area contributed by atoms with E-state index in [9.17, 15) is 4.79 Å². The van der Waals surface area contributed by atoms with E-state index in [2.05, 4.69) is 10.3 Å². The Morgan fingerprint density at radius 2 is 2.38 bits per heavy atom. The highest BCUT2D eigenvalue weighted by Gasteiger charge is 2.23. The topological polar surface area (TPSA) is 64.4 Å². The number of nitrogens with one attached hydrogen (secondary N) is 1. The van der Waals surface area contributed by atoms with Gasteiger partial charge in [-0.25, -0.2) is 4.98 Å². The van der Waals surface area contributed by atoms with Crippen LogP contribution in [0.25, 0.3) is 0 Å². The second-order valence-corrected chi connectivity index (χ2v) is 4.02. The van der Waals surface area contributed by atoms with Crippen LogP contribution in [-0.4, -0.2) is 24.1 Å². The Labute approximate surface area is 94.2 Å². The van der Waals surface area contributed by atoms with Gasteiger partial charge in [0.25, 0.3) is 0 Å². The molecule has 2 heterocycles. The summed E-state index contributed by atoms with van der Waals surface area (Å²) in [6.07, 6.45) is 0.806. The minimum Gasteiger partial charge on any atom is -0.444 e. The Bertz CT molecular complexity index is 381. The lowest BCUT2D eigenvalue weighted by atomic mass is 10.1. The average molecular weight is 224 g/mol. The van der Waals surface area contributed by atoms with Crippen LogP contribution < -0.4 is 5.32 Å². The Balaban J connectivity index is 1.87. The summed E-state index contributed by atoms with van der Waals surface area (Å²) in [5.74, 6) is 1.38. The van der Waals surface area contributed by atoms with Crippen LogP contribution in [0.1, 0.15) is 23.8 Å². The SMILES string of the molecule is Cc1nc(C)c(CNC(=O)C2CCOC2)o1. The highest BCUT2D eigenvalue weighted by Crippen LogP contribution is 2.13. The molecule has 1 aliphatic rings. The molecule has 0 radical (unpaired) electrons. The maximum absolute atomic E-state index is 11.7. The molecule has 1 aromatic heterocycles. The van der Waals surface area contributed by atoms with Gasteiger partial charge in [0.15, 0.2) is 5.89 Å². The minimum absolute atomic E-state index is 0.00988. The van der Waals surface area contributed by atoms with Crippen molar-refractivity contribution >= 4 is 5.91 Å². The third-order valence-corrected chi connectivity index (χ3v) is 2.72. The molecule has 1 atom stereocenters. The Morgan fingerprint density at radius 3 is 2.94 bits per heavy atom. The van der Waals surface area contributed by atoms with Gasteiger partial charge in [0.2, 0.25) is 5.91 Å². The average Bonchev–Trinajstić information content (AvgIpc) is 2.84. The highest BCUT2D eigenvalue weighted by atomic mass is 16.5. The summed E-state index contributed by atoms with van der Waals surface area (Å²) >= 11 is 0. The summed E-state index contributed by atoms with van der Waals surface area (Å²) in [5.41, 5.74) is 0.834. The summed E-state index contributed by atoms with van der Waals surface area (Å²) < 4.78 is 10.5. The van der Waals surface area contributed by atoms with E-state index in [0.29, 0.717) is 25.6 Å². The van der Waals surface area contributed by atoms with E-state index in [-0.39, 0.29) is 11.8 Å². The van der Waals surface area contributed by atoms with Crippen molar-refractivity contribution in [1.82, 2.24) is 10.3 Å². The van der Waals surface area contributed by atoms with Gasteiger partial charge in [-0.2, -0.15) is 0 Å². The molecule has 5 heteroatoms. The maximum atomic E-state index is 11.7. The Morgan fingerprint density at radius 1 is 1.56 bits per heavy atom. The fraction of sp³-hybridized carbons (Fsp3) is 0.636. The quantitative estimate of drug-likeness (QED) is 0.830. The van der Waals surface area contributed by atoms with Crippen molar-refractivity contribution in [2.75, 3.05) is 13.2 Å². The van der Waals surface area contributed by atoms with Crippen molar-refractivity contribution in [2.24, 2.45) is 5.92 Å². The number of hydrogen-bond donors (Lipinski definition) is 1. The van der Waals surface area contributed by atoms with E-state index in [1.54, 1.807) is 6.92 Å². The van der Waals surface area contributed by atoms with Crippen LogP contribution in [0.15, 0.2) is 4.42 Å². The molecule has 0 bridgehead atoms. The van der Waals surface area contributed by atoms with Gasteiger partial charge in [0, 0.05) is 13.5 Å². The molecule has 1 unspecified atom stereocenters. The van der Waals surface area contributed by atoms with Gasteiger partial charge < -0.3 is 14.5 Å². The first kappa shape index (κ1) is 11.1. The number of oxazole rings is 1. The van der Waals surface area contributed by atoms with Crippen LogP contribution in [0.2, 0.25) is 0 Å². The summed E-state index contributed by atoms with van der Waals surface area (Å²) in [6, 6.07) is 0. The van der Waals surface area contributed by atoms with Crippen molar-refractivity contribution < 1.29 is 13.9 Å². The molecule has 1 N–H and O–H groups in total. The molecule has 1 saturated heterocycles. The zero-order chi connectivity index (χ0) is 11.5. The van der Waals surface area contributed by atoms with E-state index in [1.165, 1.54) is 0 Å². The molecule has 88 valence electrons. The van der Waals surface area contributed by atoms with Crippen molar-refractivity contribution in [1.29, 1.82) is 0 Å². The Kier molecular flexibility index (Phi) is 3.24. The largest absolute Gasteiger partial charge is 0.444 e. The first-order chi connectivity index (χ1) is 7.66. The molecule has 1 aliphatic heterocycles. The molecule has 2 rings (SSSR count). The number of carbonyl (C=O) groups is 1. The molecule has 0 aromatic carbocycles. The Hall–Kier alpha value is -1.36. The van der Waals surface area contributed by atoms with E-state index in [0.717, 1.165) is 17.9 Å². The first-order valence-corrected chi connectivity index (χ1v) is 5.45. The maximum Gasteiger partial charge on any atom is 0.225 e.